The Labute approximate surface area is 123 Å². The van der Waals surface area contributed by atoms with Gasteiger partial charge in [-0.1, -0.05) is 6.92 Å². The molecule has 0 radical (unpaired) electrons. The van der Waals surface area contributed by atoms with Gasteiger partial charge in [-0.15, -0.1) is 0 Å². The number of aromatic nitrogens is 2. The first-order valence-corrected chi connectivity index (χ1v) is 8.23. The molecule has 1 heterocycles. The van der Waals surface area contributed by atoms with Crippen molar-refractivity contribution in [2.45, 2.75) is 18.2 Å². The summed E-state index contributed by atoms with van der Waals surface area (Å²) >= 11 is 0. The van der Waals surface area contributed by atoms with Crippen LogP contribution >= 0.6 is 0 Å². The minimum atomic E-state index is -3.19. The maximum atomic E-state index is 11.4. The summed E-state index contributed by atoms with van der Waals surface area (Å²) in [7, 11) is -3.19. The molecule has 7 nitrogen and oxygen atoms in total. The average Bonchev–Trinajstić information content (AvgIpc) is 2.46. The SMILES string of the molecule is CCc1nc(NN)cc(Nc2ccc(S(C)(=O)=O)cc2)n1. The highest BCUT2D eigenvalue weighted by Gasteiger charge is 2.07. The number of hydrogen-bond acceptors (Lipinski definition) is 7. The van der Waals surface area contributed by atoms with E-state index in [9.17, 15) is 8.42 Å². The highest BCUT2D eigenvalue weighted by molar-refractivity contribution is 7.90. The Kier molecular flexibility index (Phi) is 4.39. The zero-order chi connectivity index (χ0) is 15.5. The Hall–Kier alpha value is -2.19. The predicted molar refractivity (Wildman–Crippen MR) is 82.1 cm³/mol. The lowest BCUT2D eigenvalue weighted by molar-refractivity contribution is 0.602. The summed E-state index contributed by atoms with van der Waals surface area (Å²) < 4.78 is 22.8. The van der Waals surface area contributed by atoms with Crippen LogP contribution in [0.2, 0.25) is 0 Å². The first-order valence-electron chi connectivity index (χ1n) is 6.34. The molecule has 0 bridgehead atoms. The number of rotatable bonds is 5. The van der Waals surface area contributed by atoms with Crippen LogP contribution in [0.5, 0.6) is 0 Å². The average molecular weight is 307 g/mol. The van der Waals surface area contributed by atoms with Gasteiger partial charge in [0.05, 0.1) is 4.90 Å². The topological polar surface area (TPSA) is 110 Å². The number of nitrogens with two attached hydrogens (primary N) is 1. The lowest BCUT2D eigenvalue weighted by Crippen LogP contribution is -2.11. The molecule has 0 saturated heterocycles. The molecule has 0 aliphatic rings. The van der Waals surface area contributed by atoms with Crippen molar-refractivity contribution in [1.82, 2.24) is 9.97 Å². The summed E-state index contributed by atoms with van der Waals surface area (Å²) in [6.45, 7) is 1.94. The first kappa shape index (κ1) is 15.2. The normalized spacial score (nSPS) is 11.2. The van der Waals surface area contributed by atoms with Gasteiger partial charge in [0, 0.05) is 24.4 Å². The number of nitrogens with zero attached hydrogens (tertiary/aromatic N) is 2. The van der Waals surface area contributed by atoms with E-state index in [2.05, 4.69) is 20.7 Å². The number of hydrazine groups is 1. The number of benzene rings is 1. The van der Waals surface area contributed by atoms with E-state index in [1.807, 2.05) is 6.92 Å². The van der Waals surface area contributed by atoms with Crippen LogP contribution in [-0.4, -0.2) is 24.6 Å². The zero-order valence-electron chi connectivity index (χ0n) is 11.8. The van der Waals surface area contributed by atoms with Gasteiger partial charge in [-0.2, -0.15) is 0 Å². The summed E-state index contributed by atoms with van der Waals surface area (Å²) in [5.74, 6) is 7.12. The molecule has 0 fully saturated rings. The second-order valence-electron chi connectivity index (χ2n) is 4.47. The van der Waals surface area contributed by atoms with Crippen LogP contribution in [-0.2, 0) is 16.3 Å². The predicted octanol–water partition coefficient (Wildman–Crippen LogP) is 1.47. The van der Waals surface area contributed by atoms with E-state index < -0.39 is 9.84 Å². The highest BCUT2D eigenvalue weighted by Crippen LogP contribution is 2.19. The Morgan fingerprint density at radius 1 is 1.14 bits per heavy atom. The summed E-state index contributed by atoms with van der Waals surface area (Å²) in [5, 5.41) is 3.09. The highest BCUT2D eigenvalue weighted by atomic mass is 32.2. The van der Waals surface area contributed by atoms with Crippen molar-refractivity contribution in [2.75, 3.05) is 17.0 Å². The maximum Gasteiger partial charge on any atom is 0.175 e. The summed E-state index contributed by atoms with van der Waals surface area (Å²) in [6.07, 6.45) is 1.85. The Bertz CT molecular complexity index is 706. The molecule has 0 amide bonds. The number of hydrogen-bond donors (Lipinski definition) is 3. The van der Waals surface area contributed by atoms with Crippen molar-refractivity contribution in [3.63, 3.8) is 0 Å². The van der Waals surface area contributed by atoms with Gasteiger partial charge in [-0.05, 0) is 24.3 Å². The second-order valence-corrected chi connectivity index (χ2v) is 6.49. The maximum absolute atomic E-state index is 11.4. The van der Waals surface area contributed by atoms with Crippen molar-refractivity contribution in [3.8, 4) is 0 Å². The van der Waals surface area contributed by atoms with Gasteiger partial charge in [-0.25, -0.2) is 24.2 Å². The van der Waals surface area contributed by atoms with Crippen molar-refractivity contribution < 1.29 is 8.42 Å². The van der Waals surface area contributed by atoms with Crippen molar-refractivity contribution in [3.05, 3.63) is 36.2 Å². The van der Waals surface area contributed by atoms with E-state index in [1.165, 1.54) is 6.26 Å². The van der Waals surface area contributed by atoms with Gasteiger partial charge in [0.1, 0.15) is 17.5 Å². The molecule has 0 saturated carbocycles. The van der Waals surface area contributed by atoms with E-state index in [0.29, 0.717) is 23.9 Å². The molecule has 8 heteroatoms. The minimum absolute atomic E-state index is 0.272. The number of aryl methyl sites for hydroxylation is 1. The van der Waals surface area contributed by atoms with Crippen LogP contribution in [0.25, 0.3) is 0 Å². The number of sulfone groups is 1. The monoisotopic (exact) mass is 307 g/mol. The summed E-state index contributed by atoms with van der Waals surface area (Å²) in [5.41, 5.74) is 3.21. The third kappa shape index (κ3) is 3.89. The van der Waals surface area contributed by atoms with E-state index in [-0.39, 0.29) is 4.90 Å². The van der Waals surface area contributed by atoms with Crippen LogP contribution < -0.4 is 16.6 Å². The molecule has 0 aliphatic heterocycles. The van der Waals surface area contributed by atoms with Crippen LogP contribution in [0.3, 0.4) is 0 Å². The Morgan fingerprint density at radius 3 is 2.29 bits per heavy atom. The van der Waals surface area contributed by atoms with Crippen LogP contribution in [0.1, 0.15) is 12.7 Å². The van der Waals surface area contributed by atoms with E-state index in [0.717, 1.165) is 5.69 Å². The molecule has 0 atom stereocenters. The first-order chi connectivity index (χ1) is 9.92. The van der Waals surface area contributed by atoms with Gasteiger partial charge < -0.3 is 10.7 Å². The fourth-order valence-electron chi connectivity index (χ4n) is 1.73. The number of nitrogens with one attached hydrogen (secondary N) is 2. The molecule has 0 aliphatic carbocycles. The summed E-state index contributed by atoms with van der Waals surface area (Å²) in [4.78, 5) is 8.79. The molecule has 1 aromatic carbocycles. The number of nitrogen functional groups attached to an aromatic ring is 1. The van der Waals surface area contributed by atoms with Gasteiger partial charge in [0.25, 0.3) is 0 Å². The van der Waals surface area contributed by atoms with Gasteiger partial charge in [0.2, 0.25) is 0 Å². The Morgan fingerprint density at radius 2 is 1.76 bits per heavy atom. The molecule has 1 aromatic heterocycles. The third-order valence-electron chi connectivity index (χ3n) is 2.79. The fourth-order valence-corrected chi connectivity index (χ4v) is 2.36. The molecular weight excluding hydrogens is 290 g/mol. The minimum Gasteiger partial charge on any atom is -0.340 e. The van der Waals surface area contributed by atoms with Crippen molar-refractivity contribution in [1.29, 1.82) is 0 Å². The Balaban J connectivity index is 2.25. The molecule has 0 spiro atoms. The molecule has 4 N–H and O–H groups in total. The van der Waals surface area contributed by atoms with Gasteiger partial charge in [-0.3, -0.25) is 0 Å². The quantitative estimate of drug-likeness (QED) is 0.566. The molecule has 21 heavy (non-hydrogen) atoms. The van der Waals surface area contributed by atoms with Crippen LogP contribution in [0, 0.1) is 0 Å². The van der Waals surface area contributed by atoms with E-state index in [1.54, 1.807) is 30.3 Å². The molecule has 0 unspecified atom stereocenters. The van der Waals surface area contributed by atoms with Gasteiger partial charge >= 0.3 is 0 Å². The zero-order valence-corrected chi connectivity index (χ0v) is 12.6. The molecule has 112 valence electrons. The molecular formula is C13H17N5O2S. The largest absolute Gasteiger partial charge is 0.340 e. The lowest BCUT2D eigenvalue weighted by Gasteiger charge is -2.09. The van der Waals surface area contributed by atoms with Crippen molar-refractivity contribution in [2.24, 2.45) is 5.84 Å². The lowest BCUT2D eigenvalue weighted by atomic mass is 10.3. The van der Waals surface area contributed by atoms with E-state index in [4.69, 9.17) is 5.84 Å². The van der Waals surface area contributed by atoms with Crippen molar-refractivity contribution >= 4 is 27.2 Å². The molecule has 2 rings (SSSR count). The number of anilines is 3. The second kappa shape index (κ2) is 6.06. The summed E-state index contributed by atoms with van der Waals surface area (Å²) in [6, 6.07) is 8.12. The fraction of sp³-hybridized carbons (Fsp3) is 0.231. The smallest absolute Gasteiger partial charge is 0.175 e. The van der Waals surface area contributed by atoms with E-state index >= 15 is 0 Å². The molecule has 2 aromatic rings. The van der Waals surface area contributed by atoms with Gasteiger partial charge in [0.15, 0.2) is 9.84 Å². The third-order valence-corrected chi connectivity index (χ3v) is 3.92. The standard InChI is InChI=1S/C13H17N5O2S/c1-3-11-16-12(8-13(17-11)18-14)15-9-4-6-10(7-5-9)21(2,19)20/h4-8H,3,14H2,1-2H3,(H2,15,16,17,18). The van der Waals surface area contributed by atoms with Crippen LogP contribution in [0.15, 0.2) is 35.2 Å². The van der Waals surface area contributed by atoms with Crippen LogP contribution in [0.4, 0.5) is 17.3 Å².